The van der Waals surface area contributed by atoms with Crippen LogP contribution in [-0.4, -0.2) is 28.8 Å². The van der Waals surface area contributed by atoms with E-state index >= 15 is 0 Å². The van der Waals surface area contributed by atoms with Crippen molar-refractivity contribution in [3.05, 3.63) is 95.7 Å². The quantitative estimate of drug-likeness (QED) is 0.381. The zero-order chi connectivity index (χ0) is 21.2. The summed E-state index contributed by atoms with van der Waals surface area (Å²) in [7, 11) is 0. The molecular weight excluding hydrogens is 418 g/mol. The summed E-state index contributed by atoms with van der Waals surface area (Å²) in [4.78, 5) is 15.7. The summed E-state index contributed by atoms with van der Waals surface area (Å²) in [5.41, 5.74) is 5.38. The van der Waals surface area contributed by atoms with E-state index in [-0.39, 0.29) is 18.3 Å². The van der Waals surface area contributed by atoms with Crippen LogP contribution >= 0.6 is 12.4 Å². The molecule has 0 N–H and O–H groups in total. The Morgan fingerprint density at radius 1 is 0.906 bits per heavy atom. The van der Waals surface area contributed by atoms with E-state index in [2.05, 4.69) is 42.2 Å². The zero-order valence-electron chi connectivity index (χ0n) is 18.3. The number of hydrogen-bond donors (Lipinski definition) is 0. The van der Waals surface area contributed by atoms with Gasteiger partial charge in [-0.1, -0.05) is 61.5 Å². The van der Waals surface area contributed by atoms with Crippen molar-refractivity contribution >= 4 is 34.9 Å². The van der Waals surface area contributed by atoms with Crippen LogP contribution in [0.2, 0.25) is 0 Å². The van der Waals surface area contributed by atoms with Crippen molar-refractivity contribution in [2.45, 2.75) is 32.1 Å². The number of piperidine rings is 1. The van der Waals surface area contributed by atoms with Gasteiger partial charge in [-0.25, -0.2) is 0 Å². The van der Waals surface area contributed by atoms with Crippen LogP contribution in [0.4, 0.5) is 5.69 Å². The molecule has 1 aliphatic heterocycles. The third-order valence-corrected chi connectivity index (χ3v) is 6.42. The molecule has 0 bridgehead atoms. The Morgan fingerprint density at radius 2 is 1.56 bits per heavy atom. The van der Waals surface area contributed by atoms with Crippen LogP contribution in [0.5, 0.6) is 0 Å². The highest BCUT2D eigenvalue weighted by atomic mass is 35.5. The number of fused-ring (bicyclic) bond motifs is 1. The number of aromatic nitrogens is 2. The third-order valence-electron chi connectivity index (χ3n) is 6.42. The van der Waals surface area contributed by atoms with E-state index in [1.165, 1.54) is 11.3 Å². The molecule has 164 valence electrons. The number of nitrogens with zero attached hydrogens (tertiary/aromatic N) is 3. The average Bonchev–Trinajstić information content (AvgIpc) is 3.24. The molecule has 1 aliphatic rings. The Balaban J connectivity index is 0.00000245. The van der Waals surface area contributed by atoms with Gasteiger partial charge in [0.15, 0.2) is 0 Å². The largest absolute Gasteiger partial charge is 0.371 e. The number of carbonyl (C=O) groups is 1. The Labute approximate surface area is 195 Å². The van der Waals surface area contributed by atoms with Crippen molar-refractivity contribution in [2.24, 2.45) is 0 Å². The van der Waals surface area contributed by atoms with Crippen LogP contribution in [0.1, 0.15) is 47.3 Å². The van der Waals surface area contributed by atoms with E-state index in [9.17, 15) is 4.79 Å². The first-order valence-electron chi connectivity index (χ1n) is 11.2. The van der Waals surface area contributed by atoms with Crippen LogP contribution in [-0.2, 0) is 6.42 Å². The number of benzene rings is 3. The lowest BCUT2D eigenvalue weighted by atomic mass is 9.91. The highest BCUT2D eigenvalue weighted by Crippen LogP contribution is 2.35. The van der Waals surface area contributed by atoms with E-state index in [0.717, 1.165) is 48.9 Å². The van der Waals surface area contributed by atoms with Gasteiger partial charge in [-0.2, -0.15) is 9.78 Å². The molecule has 1 saturated heterocycles. The number of hydrogen-bond acceptors (Lipinski definition) is 3. The molecular formula is C27H28ClN3O. The van der Waals surface area contributed by atoms with Gasteiger partial charge in [-0.15, -0.1) is 12.4 Å². The number of carbonyl (C=O) groups excluding carboxylic acids is 1. The van der Waals surface area contributed by atoms with E-state index in [4.69, 9.17) is 5.10 Å². The topological polar surface area (TPSA) is 38.1 Å². The molecule has 0 saturated carbocycles. The van der Waals surface area contributed by atoms with Crippen LogP contribution in [0.25, 0.3) is 10.9 Å². The lowest BCUT2D eigenvalue weighted by molar-refractivity contribution is 0.0949. The molecule has 32 heavy (non-hydrogen) atoms. The summed E-state index contributed by atoms with van der Waals surface area (Å²) in [6.07, 6.45) is 3.13. The minimum Gasteiger partial charge on any atom is -0.371 e. The summed E-state index contributed by atoms with van der Waals surface area (Å²) < 4.78 is 1.60. The van der Waals surface area contributed by atoms with Gasteiger partial charge in [0.2, 0.25) is 0 Å². The van der Waals surface area contributed by atoms with E-state index < -0.39 is 0 Å². The monoisotopic (exact) mass is 445 g/mol. The van der Waals surface area contributed by atoms with Crippen LogP contribution < -0.4 is 4.90 Å². The third kappa shape index (κ3) is 4.03. The first kappa shape index (κ1) is 22.1. The summed E-state index contributed by atoms with van der Waals surface area (Å²) in [5.74, 6) is 0.289. The molecule has 0 radical (unpaired) electrons. The Morgan fingerprint density at radius 3 is 2.31 bits per heavy atom. The highest BCUT2D eigenvalue weighted by molar-refractivity contribution is 6.01. The van der Waals surface area contributed by atoms with Crippen molar-refractivity contribution in [1.82, 2.24) is 9.78 Å². The number of para-hydroxylation sites is 2. The first-order chi connectivity index (χ1) is 15.3. The molecule has 0 amide bonds. The van der Waals surface area contributed by atoms with Gasteiger partial charge < -0.3 is 4.90 Å². The van der Waals surface area contributed by atoms with Gasteiger partial charge in [-0.3, -0.25) is 4.79 Å². The summed E-state index contributed by atoms with van der Waals surface area (Å²) in [5, 5.41) is 5.97. The maximum absolute atomic E-state index is 13.2. The summed E-state index contributed by atoms with van der Waals surface area (Å²) in [6, 6.07) is 26.2. The average molecular weight is 446 g/mol. The molecule has 3 aromatic carbocycles. The van der Waals surface area contributed by atoms with Crippen LogP contribution in [0.15, 0.2) is 78.9 Å². The van der Waals surface area contributed by atoms with Crippen LogP contribution in [0.3, 0.4) is 0 Å². The number of halogens is 1. The van der Waals surface area contributed by atoms with E-state index in [1.54, 1.807) is 4.68 Å². The number of aryl methyl sites for hydroxylation is 1. The lowest BCUT2D eigenvalue weighted by Crippen LogP contribution is -2.33. The number of anilines is 1. The minimum absolute atomic E-state index is 0. The predicted molar refractivity (Wildman–Crippen MR) is 133 cm³/mol. The molecule has 1 fully saturated rings. The highest BCUT2D eigenvalue weighted by Gasteiger charge is 2.27. The van der Waals surface area contributed by atoms with Crippen molar-refractivity contribution in [3.8, 4) is 0 Å². The van der Waals surface area contributed by atoms with Gasteiger partial charge in [0, 0.05) is 35.6 Å². The predicted octanol–water partition coefficient (Wildman–Crippen LogP) is 6.09. The van der Waals surface area contributed by atoms with Gasteiger partial charge in [0.1, 0.15) is 0 Å². The summed E-state index contributed by atoms with van der Waals surface area (Å²) >= 11 is 0. The normalized spacial score (nSPS) is 14.3. The minimum atomic E-state index is -0.0719. The molecule has 5 heteroatoms. The van der Waals surface area contributed by atoms with Crippen molar-refractivity contribution < 1.29 is 4.79 Å². The maximum atomic E-state index is 13.2. The fourth-order valence-electron chi connectivity index (χ4n) is 4.76. The van der Waals surface area contributed by atoms with E-state index in [0.29, 0.717) is 11.5 Å². The van der Waals surface area contributed by atoms with Crippen molar-refractivity contribution in [1.29, 1.82) is 0 Å². The fraction of sp³-hybridized carbons (Fsp3) is 0.259. The molecule has 0 spiro atoms. The standard InChI is InChI=1S/C27H27N3O.ClH/c1-2-20-10-6-8-14-24(20)29-18-16-21(17-19-29)26-23-13-7-9-15-25(23)30(28-26)27(31)22-11-4-3-5-12-22;/h3-15,21H,2,16-19H2,1H3;1H. The molecule has 0 unspecified atom stereocenters. The van der Waals surface area contributed by atoms with Crippen molar-refractivity contribution in [3.63, 3.8) is 0 Å². The zero-order valence-corrected chi connectivity index (χ0v) is 19.1. The lowest BCUT2D eigenvalue weighted by Gasteiger charge is -2.34. The Bertz CT molecular complexity index is 1210. The second kappa shape index (κ2) is 9.58. The first-order valence-corrected chi connectivity index (χ1v) is 11.2. The van der Waals surface area contributed by atoms with E-state index in [1.807, 2.05) is 48.5 Å². The molecule has 0 atom stereocenters. The molecule has 1 aromatic heterocycles. The smallest absolute Gasteiger partial charge is 0.278 e. The molecule has 2 heterocycles. The fourth-order valence-corrected chi connectivity index (χ4v) is 4.76. The van der Waals surface area contributed by atoms with Crippen molar-refractivity contribution in [2.75, 3.05) is 18.0 Å². The molecule has 0 aliphatic carbocycles. The second-order valence-electron chi connectivity index (χ2n) is 8.23. The molecule has 5 rings (SSSR count). The van der Waals surface area contributed by atoms with Crippen LogP contribution in [0, 0.1) is 0 Å². The Hall–Kier alpha value is -3.11. The molecule has 4 aromatic rings. The summed E-state index contributed by atoms with van der Waals surface area (Å²) in [6.45, 7) is 4.24. The van der Waals surface area contributed by atoms with Gasteiger partial charge in [0.05, 0.1) is 11.2 Å². The van der Waals surface area contributed by atoms with Gasteiger partial charge in [0.25, 0.3) is 5.91 Å². The Kier molecular flexibility index (Phi) is 6.61. The molecule has 4 nitrogen and oxygen atoms in total. The SMILES string of the molecule is CCc1ccccc1N1CCC(c2nn(C(=O)c3ccccc3)c3ccccc23)CC1.Cl. The second-order valence-corrected chi connectivity index (χ2v) is 8.23. The van der Waals surface area contributed by atoms with Gasteiger partial charge in [-0.05, 0) is 49.1 Å². The maximum Gasteiger partial charge on any atom is 0.278 e. The van der Waals surface area contributed by atoms with Gasteiger partial charge >= 0.3 is 0 Å². The number of rotatable bonds is 4.